The third-order valence-corrected chi connectivity index (χ3v) is 2.46. The van der Waals surface area contributed by atoms with Crippen LogP contribution in [0.5, 0.6) is 0 Å². The zero-order valence-electron chi connectivity index (χ0n) is 7.65. The van der Waals surface area contributed by atoms with Gasteiger partial charge in [0.15, 0.2) is 0 Å². The Morgan fingerprint density at radius 1 is 1.27 bits per heavy atom. The third kappa shape index (κ3) is 6.85. The van der Waals surface area contributed by atoms with Crippen molar-refractivity contribution >= 4 is 22.6 Å². The highest BCUT2D eigenvalue weighted by Crippen LogP contribution is 2.15. The minimum atomic E-state index is 0.832. The highest BCUT2D eigenvalue weighted by atomic mass is 127. The van der Waals surface area contributed by atoms with E-state index in [1.165, 1.54) is 32.1 Å². The van der Waals surface area contributed by atoms with Crippen molar-refractivity contribution in [3.8, 4) is 0 Å². The van der Waals surface area contributed by atoms with Crippen LogP contribution >= 0.6 is 22.6 Å². The molecule has 1 heteroatoms. The molecule has 0 fully saturated rings. The van der Waals surface area contributed by atoms with Crippen molar-refractivity contribution in [2.45, 2.75) is 46.0 Å². The lowest BCUT2D eigenvalue weighted by atomic mass is 9.99. The molecule has 0 amide bonds. The first-order valence-corrected chi connectivity index (χ1v) is 5.86. The van der Waals surface area contributed by atoms with Crippen LogP contribution in [-0.2, 0) is 0 Å². The molecule has 0 spiro atoms. The van der Waals surface area contributed by atoms with Gasteiger partial charge < -0.3 is 0 Å². The van der Waals surface area contributed by atoms with E-state index in [-0.39, 0.29) is 0 Å². The van der Waals surface area contributed by atoms with Crippen LogP contribution in [0, 0.1) is 5.92 Å². The summed E-state index contributed by atoms with van der Waals surface area (Å²) in [6, 6.07) is 0. The molecule has 1 unspecified atom stereocenters. The van der Waals surface area contributed by atoms with E-state index in [1.54, 1.807) is 0 Å². The largest absolute Gasteiger partial charge is 0.0753 e. The Hall–Kier alpha value is 0.470. The van der Waals surface area contributed by atoms with Gasteiger partial charge in [-0.2, -0.15) is 0 Å². The second-order valence-corrected chi connectivity index (χ2v) is 3.70. The fourth-order valence-corrected chi connectivity index (χ4v) is 1.78. The quantitative estimate of drug-likeness (QED) is 0.489. The first-order valence-electron chi connectivity index (χ1n) is 4.62. The van der Waals surface area contributed by atoms with Crippen molar-refractivity contribution in [3.05, 3.63) is 10.2 Å². The van der Waals surface area contributed by atoms with E-state index in [1.807, 2.05) is 0 Å². The molecule has 0 saturated heterocycles. The fraction of sp³-hybridized carbons (Fsp3) is 0.800. The van der Waals surface area contributed by atoms with Gasteiger partial charge in [-0.1, -0.05) is 61.8 Å². The third-order valence-electron chi connectivity index (χ3n) is 2.05. The topological polar surface area (TPSA) is 0 Å². The smallest absolute Gasteiger partial charge is 0.0229 e. The lowest BCUT2D eigenvalue weighted by molar-refractivity contribution is 0.527. The van der Waals surface area contributed by atoms with Crippen LogP contribution in [0.3, 0.4) is 0 Å². The average molecular weight is 266 g/mol. The molecule has 0 rings (SSSR count). The minimum Gasteiger partial charge on any atom is -0.0753 e. The molecule has 0 aliphatic carbocycles. The number of halogens is 1. The monoisotopic (exact) mass is 266 g/mol. The standard InChI is InChI=1S/C10H19I/c1-3-5-6-7-10(4-2)8-9-11/h8-10H,3-7H2,1-2H3. The maximum absolute atomic E-state index is 2.33. The fourth-order valence-electron chi connectivity index (χ4n) is 1.20. The molecule has 0 aromatic carbocycles. The summed E-state index contributed by atoms with van der Waals surface area (Å²) in [4.78, 5) is 0. The van der Waals surface area contributed by atoms with Gasteiger partial charge in [0, 0.05) is 0 Å². The summed E-state index contributed by atoms with van der Waals surface area (Å²) < 4.78 is 2.15. The molecule has 0 N–H and O–H groups in total. The molecular formula is C10H19I. The Morgan fingerprint density at radius 2 is 2.00 bits per heavy atom. The zero-order chi connectivity index (χ0) is 8.53. The Labute approximate surface area is 84.6 Å². The molecule has 0 aromatic heterocycles. The van der Waals surface area contributed by atoms with E-state index in [9.17, 15) is 0 Å². The van der Waals surface area contributed by atoms with Gasteiger partial charge in [-0.15, -0.1) is 0 Å². The average Bonchev–Trinajstić information content (AvgIpc) is 2.03. The van der Waals surface area contributed by atoms with E-state index >= 15 is 0 Å². The number of hydrogen-bond acceptors (Lipinski definition) is 0. The van der Waals surface area contributed by atoms with Crippen LogP contribution in [0.2, 0.25) is 0 Å². The molecule has 66 valence electrons. The molecule has 0 nitrogen and oxygen atoms in total. The molecule has 1 atom stereocenters. The van der Waals surface area contributed by atoms with E-state index in [4.69, 9.17) is 0 Å². The Bertz CT molecular complexity index is 97.0. The lowest BCUT2D eigenvalue weighted by Gasteiger charge is -2.07. The second-order valence-electron chi connectivity index (χ2n) is 2.98. The summed E-state index contributed by atoms with van der Waals surface area (Å²) in [5, 5.41) is 0. The zero-order valence-corrected chi connectivity index (χ0v) is 9.80. The molecule has 11 heavy (non-hydrogen) atoms. The molecule has 0 heterocycles. The van der Waals surface area contributed by atoms with Crippen LogP contribution < -0.4 is 0 Å². The Kier molecular flexibility index (Phi) is 8.93. The van der Waals surface area contributed by atoms with Crippen LogP contribution in [0.1, 0.15) is 46.0 Å². The summed E-state index contributed by atoms with van der Waals surface area (Å²) in [6.07, 6.45) is 9.13. The summed E-state index contributed by atoms with van der Waals surface area (Å²) in [5.41, 5.74) is 0. The van der Waals surface area contributed by atoms with Crippen LogP contribution in [-0.4, -0.2) is 0 Å². The lowest BCUT2D eigenvalue weighted by Crippen LogP contribution is -1.93. The molecule has 0 aliphatic heterocycles. The van der Waals surface area contributed by atoms with E-state index < -0.39 is 0 Å². The summed E-state index contributed by atoms with van der Waals surface area (Å²) in [7, 11) is 0. The number of unbranched alkanes of at least 4 members (excludes halogenated alkanes) is 2. The van der Waals surface area contributed by atoms with Crippen LogP contribution in [0.25, 0.3) is 0 Å². The van der Waals surface area contributed by atoms with E-state index in [2.05, 4.69) is 46.6 Å². The van der Waals surface area contributed by atoms with Crippen molar-refractivity contribution in [1.29, 1.82) is 0 Å². The summed E-state index contributed by atoms with van der Waals surface area (Å²) in [5.74, 6) is 0.832. The van der Waals surface area contributed by atoms with Gasteiger partial charge in [-0.25, -0.2) is 0 Å². The Balaban J connectivity index is 3.36. The maximum Gasteiger partial charge on any atom is -0.0229 e. The van der Waals surface area contributed by atoms with Crippen LogP contribution in [0.4, 0.5) is 0 Å². The normalized spacial score (nSPS) is 14.1. The number of rotatable bonds is 6. The van der Waals surface area contributed by atoms with Gasteiger partial charge in [-0.05, 0) is 22.8 Å². The Morgan fingerprint density at radius 3 is 2.45 bits per heavy atom. The van der Waals surface area contributed by atoms with E-state index in [0.717, 1.165) is 5.92 Å². The van der Waals surface area contributed by atoms with Gasteiger partial charge in [0.25, 0.3) is 0 Å². The summed E-state index contributed by atoms with van der Waals surface area (Å²) >= 11 is 2.31. The first kappa shape index (κ1) is 11.5. The molecule has 0 aromatic rings. The van der Waals surface area contributed by atoms with Gasteiger partial charge >= 0.3 is 0 Å². The molecular weight excluding hydrogens is 247 g/mol. The number of hydrogen-bond donors (Lipinski definition) is 0. The van der Waals surface area contributed by atoms with E-state index in [0.29, 0.717) is 0 Å². The van der Waals surface area contributed by atoms with Crippen molar-refractivity contribution in [3.63, 3.8) is 0 Å². The SMILES string of the molecule is CCCCCC(C=CI)CC. The molecule has 0 bridgehead atoms. The molecule has 0 aliphatic rings. The highest BCUT2D eigenvalue weighted by Gasteiger charge is 1.99. The number of allylic oxidation sites excluding steroid dienone is 1. The highest BCUT2D eigenvalue weighted by molar-refractivity contribution is 14.1. The van der Waals surface area contributed by atoms with Gasteiger partial charge in [0.2, 0.25) is 0 Å². The van der Waals surface area contributed by atoms with Gasteiger partial charge in [0.1, 0.15) is 0 Å². The van der Waals surface area contributed by atoms with Crippen molar-refractivity contribution in [2.24, 2.45) is 5.92 Å². The molecule has 0 saturated carbocycles. The molecule has 0 radical (unpaired) electrons. The van der Waals surface area contributed by atoms with Crippen molar-refractivity contribution in [2.75, 3.05) is 0 Å². The maximum atomic E-state index is 2.33. The van der Waals surface area contributed by atoms with Crippen molar-refractivity contribution < 1.29 is 0 Å². The van der Waals surface area contributed by atoms with Crippen molar-refractivity contribution in [1.82, 2.24) is 0 Å². The van der Waals surface area contributed by atoms with Gasteiger partial charge in [-0.3, -0.25) is 0 Å². The predicted molar refractivity (Wildman–Crippen MR) is 61.1 cm³/mol. The van der Waals surface area contributed by atoms with Gasteiger partial charge in [0.05, 0.1) is 0 Å². The summed E-state index contributed by atoms with van der Waals surface area (Å²) in [6.45, 7) is 4.53. The van der Waals surface area contributed by atoms with Crippen LogP contribution in [0.15, 0.2) is 10.2 Å². The minimum absolute atomic E-state index is 0.832. The first-order chi connectivity index (χ1) is 5.35. The second kappa shape index (κ2) is 8.57. The predicted octanol–water partition coefficient (Wildman–Crippen LogP) is 4.54.